The van der Waals surface area contributed by atoms with Crippen LogP contribution >= 0.6 is 24.8 Å². The van der Waals surface area contributed by atoms with Gasteiger partial charge in [-0.25, -0.2) is 4.98 Å². The van der Waals surface area contributed by atoms with Gasteiger partial charge < -0.3 is 20.5 Å². The van der Waals surface area contributed by atoms with Gasteiger partial charge in [0, 0.05) is 18.8 Å². The molecule has 0 spiro atoms. The van der Waals surface area contributed by atoms with Gasteiger partial charge in [0.15, 0.2) is 6.61 Å². The summed E-state index contributed by atoms with van der Waals surface area (Å²) in [5.41, 5.74) is 5.58. The molecule has 3 rings (SSSR count). The number of hydrogen-bond donors (Lipinski definition) is 2. The van der Waals surface area contributed by atoms with Crippen LogP contribution in [0.15, 0.2) is 48.7 Å². The van der Waals surface area contributed by atoms with Crippen LogP contribution in [0.4, 0.5) is 0 Å². The first kappa shape index (κ1) is 23.0. The molecule has 27 heavy (non-hydrogen) atoms. The van der Waals surface area contributed by atoms with Gasteiger partial charge in [-0.3, -0.25) is 4.79 Å². The lowest BCUT2D eigenvalue weighted by molar-refractivity contribution is -0.124. The number of nitrogens with two attached hydrogens (primary N) is 1. The molecule has 3 N–H and O–H groups in total. The molecule has 0 bridgehead atoms. The fourth-order valence-electron chi connectivity index (χ4n) is 3.04. The standard InChI is InChI=1S/C19H23N3O3.2ClH/c20-14-19(10-2-3-11-19)22-17(23)13-24-15-6-8-16(9-7-15)25-18-5-1-4-12-21-18;;/h1,4-9,12H,2-3,10-11,13-14,20H2,(H,22,23);2*1H. The Morgan fingerprint density at radius 3 is 2.33 bits per heavy atom. The Labute approximate surface area is 171 Å². The third kappa shape index (κ3) is 6.57. The van der Waals surface area contributed by atoms with Crippen LogP contribution in [-0.4, -0.2) is 29.6 Å². The van der Waals surface area contributed by atoms with Crippen LogP contribution in [0, 0.1) is 0 Å². The van der Waals surface area contributed by atoms with Crippen molar-refractivity contribution in [3.05, 3.63) is 48.7 Å². The number of carbonyl (C=O) groups is 1. The molecule has 8 heteroatoms. The van der Waals surface area contributed by atoms with E-state index >= 15 is 0 Å². The molecule has 1 heterocycles. The average molecular weight is 414 g/mol. The van der Waals surface area contributed by atoms with Gasteiger partial charge >= 0.3 is 0 Å². The molecule has 1 fully saturated rings. The number of benzene rings is 1. The summed E-state index contributed by atoms with van der Waals surface area (Å²) in [6.45, 7) is 0.445. The van der Waals surface area contributed by atoms with Crippen LogP contribution in [0.1, 0.15) is 25.7 Å². The number of halogens is 2. The summed E-state index contributed by atoms with van der Waals surface area (Å²) >= 11 is 0. The van der Waals surface area contributed by atoms with Crippen molar-refractivity contribution in [1.82, 2.24) is 10.3 Å². The fourth-order valence-corrected chi connectivity index (χ4v) is 3.04. The van der Waals surface area contributed by atoms with Crippen LogP contribution in [0.3, 0.4) is 0 Å². The molecule has 1 aliphatic rings. The van der Waals surface area contributed by atoms with Crippen LogP contribution in [0.5, 0.6) is 17.4 Å². The van der Waals surface area contributed by atoms with Crippen LogP contribution in [-0.2, 0) is 4.79 Å². The monoisotopic (exact) mass is 413 g/mol. The number of carbonyl (C=O) groups excluding carboxylic acids is 1. The van der Waals surface area contributed by atoms with Crippen LogP contribution in [0.25, 0.3) is 0 Å². The van der Waals surface area contributed by atoms with Crippen LogP contribution < -0.4 is 20.5 Å². The Morgan fingerprint density at radius 2 is 1.74 bits per heavy atom. The summed E-state index contributed by atoms with van der Waals surface area (Å²) in [6, 6.07) is 12.6. The summed E-state index contributed by atoms with van der Waals surface area (Å²) < 4.78 is 11.2. The van der Waals surface area contributed by atoms with Crippen molar-refractivity contribution in [2.45, 2.75) is 31.2 Å². The van der Waals surface area contributed by atoms with Crippen molar-refractivity contribution >= 4 is 30.7 Å². The number of nitrogens with one attached hydrogen (secondary N) is 1. The van der Waals surface area contributed by atoms with Gasteiger partial charge in [0.2, 0.25) is 5.88 Å². The number of amides is 1. The molecule has 1 aromatic heterocycles. The third-order valence-electron chi connectivity index (χ3n) is 4.41. The number of aromatic nitrogens is 1. The second kappa shape index (κ2) is 11.0. The highest BCUT2D eigenvalue weighted by Crippen LogP contribution is 2.28. The SMILES string of the molecule is Cl.Cl.NCC1(NC(=O)COc2ccc(Oc3ccccn3)cc2)CCCC1. The minimum atomic E-state index is -0.249. The zero-order chi connectivity index (χ0) is 17.5. The Morgan fingerprint density at radius 1 is 1.07 bits per heavy atom. The second-order valence-electron chi connectivity index (χ2n) is 6.27. The predicted molar refractivity (Wildman–Crippen MR) is 109 cm³/mol. The molecule has 1 aliphatic carbocycles. The molecular weight excluding hydrogens is 389 g/mol. The van der Waals surface area contributed by atoms with Crippen molar-refractivity contribution in [1.29, 1.82) is 0 Å². The zero-order valence-corrected chi connectivity index (χ0v) is 16.6. The first-order valence-electron chi connectivity index (χ1n) is 8.52. The summed E-state index contributed by atoms with van der Waals surface area (Å²) in [4.78, 5) is 16.2. The van der Waals surface area contributed by atoms with E-state index in [4.69, 9.17) is 15.2 Å². The molecular formula is C19H25Cl2N3O3. The van der Waals surface area contributed by atoms with E-state index in [2.05, 4.69) is 10.3 Å². The Balaban J connectivity index is 0.00000182. The Kier molecular flexibility index (Phi) is 9.35. The average Bonchev–Trinajstić information content (AvgIpc) is 3.11. The van der Waals surface area contributed by atoms with E-state index in [9.17, 15) is 4.79 Å². The van der Waals surface area contributed by atoms with Gasteiger partial charge in [-0.2, -0.15) is 0 Å². The van der Waals surface area contributed by atoms with E-state index in [-0.39, 0.29) is 42.9 Å². The topological polar surface area (TPSA) is 86.5 Å². The maximum Gasteiger partial charge on any atom is 0.258 e. The molecule has 0 radical (unpaired) electrons. The molecule has 1 saturated carbocycles. The third-order valence-corrected chi connectivity index (χ3v) is 4.41. The Bertz CT molecular complexity index is 693. The number of nitrogens with zero attached hydrogens (tertiary/aromatic N) is 1. The van der Waals surface area contributed by atoms with Gasteiger partial charge in [-0.1, -0.05) is 18.9 Å². The molecule has 0 atom stereocenters. The molecule has 2 aromatic rings. The lowest BCUT2D eigenvalue weighted by Gasteiger charge is -2.28. The largest absolute Gasteiger partial charge is 0.484 e. The highest BCUT2D eigenvalue weighted by Gasteiger charge is 2.33. The zero-order valence-electron chi connectivity index (χ0n) is 14.9. The summed E-state index contributed by atoms with van der Waals surface area (Å²) in [5.74, 6) is 1.65. The van der Waals surface area contributed by atoms with Crippen molar-refractivity contribution in [3.8, 4) is 17.4 Å². The lowest BCUT2D eigenvalue weighted by atomic mass is 9.98. The first-order chi connectivity index (χ1) is 12.2. The van der Waals surface area contributed by atoms with Crippen LogP contribution in [0.2, 0.25) is 0 Å². The Hall–Kier alpha value is -2.02. The summed E-state index contributed by atoms with van der Waals surface area (Å²) in [6.07, 6.45) is 5.76. The second-order valence-corrected chi connectivity index (χ2v) is 6.27. The van der Waals surface area contributed by atoms with E-state index < -0.39 is 0 Å². The molecule has 1 aromatic carbocycles. The predicted octanol–water partition coefficient (Wildman–Crippen LogP) is 3.48. The highest BCUT2D eigenvalue weighted by molar-refractivity contribution is 5.85. The van der Waals surface area contributed by atoms with E-state index in [1.54, 1.807) is 36.5 Å². The summed E-state index contributed by atoms with van der Waals surface area (Å²) in [7, 11) is 0. The molecule has 0 unspecified atom stereocenters. The van der Waals surface area contributed by atoms with Gasteiger partial charge in [0.1, 0.15) is 11.5 Å². The van der Waals surface area contributed by atoms with Crippen molar-refractivity contribution in [2.75, 3.05) is 13.2 Å². The smallest absolute Gasteiger partial charge is 0.258 e. The molecule has 6 nitrogen and oxygen atoms in total. The molecule has 0 aliphatic heterocycles. The molecule has 148 valence electrons. The van der Waals surface area contributed by atoms with Crippen molar-refractivity contribution in [3.63, 3.8) is 0 Å². The quantitative estimate of drug-likeness (QED) is 0.725. The van der Waals surface area contributed by atoms with Crippen molar-refractivity contribution < 1.29 is 14.3 Å². The fraction of sp³-hybridized carbons (Fsp3) is 0.368. The maximum atomic E-state index is 12.1. The number of pyridine rings is 1. The lowest BCUT2D eigenvalue weighted by Crippen LogP contribution is -2.52. The molecule has 0 saturated heterocycles. The van der Waals surface area contributed by atoms with Gasteiger partial charge in [0.05, 0.1) is 5.54 Å². The normalized spacial score (nSPS) is 14.4. The highest BCUT2D eigenvalue weighted by atomic mass is 35.5. The molecule has 1 amide bonds. The maximum absolute atomic E-state index is 12.1. The van der Waals surface area contributed by atoms with E-state index in [0.717, 1.165) is 25.7 Å². The van der Waals surface area contributed by atoms with E-state index in [0.29, 0.717) is 23.9 Å². The van der Waals surface area contributed by atoms with E-state index in [1.807, 2.05) is 12.1 Å². The minimum absolute atomic E-state index is 0. The van der Waals surface area contributed by atoms with Gasteiger partial charge in [0.25, 0.3) is 5.91 Å². The van der Waals surface area contributed by atoms with Gasteiger partial charge in [-0.05, 0) is 43.2 Å². The minimum Gasteiger partial charge on any atom is -0.484 e. The first-order valence-corrected chi connectivity index (χ1v) is 8.52. The number of ether oxygens (including phenoxy) is 2. The van der Waals surface area contributed by atoms with E-state index in [1.165, 1.54) is 0 Å². The summed E-state index contributed by atoms with van der Waals surface area (Å²) in [5, 5.41) is 3.03. The number of rotatable bonds is 7. The van der Waals surface area contributed by atoms with Crippen molar-refractivity contribution in [2.24, 2.45) is 5.73 Å². The number of hydrogen-bond acceptors (Lipinski definition) is 5. The van der Waals surface area contributed by atoms with Gasteiger partial charge in [-0.15, -0.1) is 24.8 Å².